The molecule has 0 aromatic carbocycles. The van der Waals surface area contributed by atoms with Crippen molar-refractivity contribution < 1.29 is 4.79 Å². The second-order valence-electron chi connectivity index (χ2n) is 5.58. The second kappa shape index (κ2) is 5.28. The first-order chi connectivity index (χ1) is 9.24. The van der Waals surface area contributed by atoms with Crippen molar-refractivity contribution in [3.8, 4) is 0 Å². The average Bonchev–Trinajstić information content (AvgIpc) is 2.68. The Labute approximate surface area is 113 Å². The van der Waals surface area contributed by atoms with Crippen molar-refractivity contribution in [2.75, 3.05) is 13.1 Å². The van der Waals surface area contributed by atoms with Crippen molar-refractivity contribution >= 4 is 5.91 Å². The van der Waals surface area contributed by atoms with Gasteiger partial charge >= 0.3 is 0 Å². The minimum absolute atomic E-state index is 0.140. The summed E-state index contributed by atoms with van der Waals surface area (Å²) in [6.07, 6.45) is 4.11. The Morgan fingerprint density at radius 2 is 2.26 bits per heavy atom. The summed E-state index contributed by atoms with van der Waals surface area (Å²) < 4.78 is 0. The molecule has 0 spiro atoms. The number of nitrogens with one attached hydrogen (secondary N) is 2. The molecule has 1 aromatic heterocycles. The van der Waals surface area contributed by atoms with E-state index in [9.17, 15) is 4.79 Å². The van der Waals surface area contributed by atoms with Crippen LogP contribution in [0.1, 0.15) is 37.8 Å². The van der Waals surface area contributed by atoms with Crippen molar-refractivity contribution in [3.05, 3.63) is 11.6 Å². The minimum atomic E-state index is 0.140. The molecule has 2 atom stereocenters. The molecular weight excluding hydrogens is 242 g/mol. The molecule has 0 radical (unpaired) electrons. The standard InChI is InChI=1S/C13H21N5O/c1-2-11-15-12(17-16-11)8-18-6-9-4-3-5-10(7-18)14-13(9)19/h9-10H,2-8H2,1H3,(H,14,19)(H,15,16,17)/t9-,10+/m1/s1. The predicted octanol–water partition coefficient (Wildman–Crippen LogP) is 0.468. The van der Waals surface area contributed by atoms with Crippen molar-refractivity contribution in [1.29, 1.82) is 0 Å². The van der Waals surface area contributed by atoms with E-state index in [1.165, 1.54) is 0 Å². The smallest absolute Gasteiger partial charge is 0.224 e. The lowest BCUT2D eigenvalue weighted by Crippen LogP contribution is -2.38. The predicted molar refractivity (Wildman–Crippen MR) is 70.3 cm³/mol. The van der Waals surface area contributed by atoms with Crippen LogP contribution < -0.4 is 5.32 Å². The lowest BCUT2D eigenvalue weighted by Gasteiger charge is -2.26. The van der Waals surface area contributed by atoms with E-state index < -0.39 is 0 Å². The molecule has 2 saturated heterocycles. The molecule has 19 heavy (non-hydrogen) atoms. The summed E-state index contributed by atoms with van der Waals surface area (Å²) in [7, 11) is 0. The van der Waals surface area contributed by atoms with Gasteiger partial charge < -0.3 is 5.32 Å². The van der Waals surface area contributed by atoms with Crippen molar-refractivity contribution in [2.24, 2.45) is 5.92 Å². The molecule has 2 bridgehead atoms. The fourth-order valence-electron chi connectivity index (χ4n) is 3.05. The first-order valence-corrected chi connectivity index (χ1v) is 7.17. The number of nitrogens with zero attached hydrogens (tertiary/aromatic N) is 3. The molecule has 2 aliphatic heterocycles. The molecule has 3 heterocycles. The fourth-order valence-corrected chi connectivity index (χ4v) is 3.05. The zero-order valence-electron chi connectivity index (χ0n) is 11.4. The van der Waals surface area contributed by atoms with Gasteiger partial charge in [-0.2, -0.15) is 5.10 Å². The van der Waals surface area contributed by atoms with Crippen LogP contribution >= 0.6 is 0 Å². The number of carbonyl (C=O) groups excluding carboxylic acids is 1. The molecule has 2 N–H and O–H groups in total. The van der Waals surface area contributed by atoms with Crippen LogP contribution in [0.15, 0.2) is 0 Å². The van der Waals surface area contributed by atoms with Gasteiger partial charge in [-0.15, -0.1) is 0 Å². The van der Waals surface area contributed by atoms with Crippen molar-refractivity contribution in [1.82, 2.24) is 25.4 Å². The highest BCUT2D eigenvalue weighted by molar-refractivity contribution is 5.79. The van der Waals surface area contributed by atoms with E-state index >= 15 is 0 Å². The van der Waals surface area contributed by atoms with Gasteiger partial charge in [-0.25, -0.2) is 4.98 Å². The monoisotopic (exact) mass is 263 g/mol. The van der Waals surface area contributed by atoms with Crippen molar-refractivity contribution in [3.63, 3.8) is 0 Å². The Hall–Kier alpha value is -1.43. The lowest BCUT2D eigenvalue weighted by atomic mass is 9.99. The number of rotatable bonds is 3. The molecule has 6 nitrogen and oxygen atoms in total. The van der Waals surface area contributed by atoms with Crippen LogP contribution in [-0.2, 0) is 17.8 Å². The van der Waals surface area contributed by atoms with Crippen LogP contribution in [0.4, 0.5) is 0 Å². The highest BCUT2D eigenvalue weighted by atomic mass is 16.2. The number of aromatic nitrogens is 3. The minimum Gasteiger partial charge on any atom is -0.352 e. The third-order valence-electron chi connectivity index (χ3n) is 4.05. The zero-order chi connectivity index (χ0) is 13.2. The van der Waals surface area contributed by atoms with Crippen LogP contribution in [-0.4, -0.2) is 45.1 Å². The number of aromatic amines is 1. The number of likely N-dealkylation sites (tertiary alicyclic amines) is 1. The second-order valence-corrected chi connectivity index (χ2v) is 5.58. The maximum absolute atomic E-state index is 12.0. The van der Waals surface area contributed by atoms with Crippen LogP contribution in [0.5, 0.6) is 0 Å². The molecule has 104 valence electrons. The van der Waals surface area contributed by atoms with E-state index in [1.54, 1.807) is 0 Å². The van der Waals surface area contributed by atoms with Crippen molar-refractivity contribution in [2.45, 2.75) is 45.2 Å². The first-order valence-electron chi connectivity index (χ1n) is 7.17. The number of amides is 1. The maximum atomic E-state index is 12.0. The Balaban J connectivity index is 1.69. The Kier molecular flexibility index (Phi) is 3.50. The number of aryl methyl sites for hydroxylation is 1. The third-order valence-corrected chi connectivity index (χ3v) is 4.05. The van der Waals surface area contributed by atoms with Gasteiger partial charge in [-0.3, -0.25) is 14.8 Å². The number of fused-ring (bicyclic) bond motifs is 3. The summed E-state index contributed by atoms with van der Waals surface area (Å²) in [5.74, 6) is 2.14. The van der Waals surface area contributed by atoms with Gasteiger partial charge in [0.15, 0.2) is 0 Å². The van der Waals surface area contributed by atoms with Gasteiger partial charge in [0.25, 0.3) is 0 Å². The molecule has 3 rings (SSSR count). The first kappa shape index (κ1) is 12.6. The number of hydrogen-bond donors (Lipinski definition) is 2. The lowest BCUT2D eigenvalue weighted by molar-refractivity contribution is -0.124. The van der Waals surface area contributed by atoms with E-state index in [-0.39, 0.29) is 11.8 Å². The molecule has 0 unspecified atom stereocenters. The van der Waals surface area contributed by atoms with E-state index in [0.29, 0.717) is 6.04 Å². The highest BCUT2D eigenvalue weighted by Crippen LogP contribution is 2.22. The SMILES string of the molecule is CCc1n[nH]c(CN2C[C@@H]3CCC[C@H](C2)C(=O)N3)n1. The van der Waals surface area contributed by atoms with E-state index in [1.807, 2.05) is 6.92 Å². The Morgan fingerprint density at radius 3 is 3.05 bits per heavy atom. The fraction of sp³-hybridized carbons (Fsp3) is 0.769. The Bertz CT molecular complexity index is 458. The quantitative estimate of drug-likeness (QED) is 0.831. The Morgan fingerprint density at radius 1 is 1.37 bits per heavy atom. The number of carbonyl (C=O) groups is 1. The largest absolute Gasteiger partial charge is 0.352 e. The molecule has 0 aliphatic carbocycles. The van der Waals surface area contributed by atoms with E-state index in [2.05, 4.69) is 25.4 Å². The van der Waals surface area contributed by atoms with Crippen LogP contribution in [0, 0.1) is 5.92 Å². The molecule has 6 heteroatoms. The summed E-state index contributed by atoms with van der Waals surface area (Å²) in [6.45, 7) is 4.57. The average molecular weight is 263 g/mol. The molecule has 2 aliphatic rings. The summed E-state index contributed by atoms with van der Waals surface area (Å²) in [6, 6.07) is 0.300. The third kappa shape index (κ3) is 2.78. The summed E-state index contributed by atoms with van der Waals surface area (Å²) in [4.78, 5) is 18.7. The zero-order valence-corrected chi connectivity index (χ0v) is 11.4. The highest BCUT2D eigenvalue weighted by Gasteiger charge is 2.32. The van der Waals surface area contributed by atoms with E-state index in [0.717, 1.165) is 57.0 Å². The summed E-state index contributed by atoms with van der Waals surface area (Å²) in [5.41, 5.74) is 0. The molecule has 1 aromatic rings. The van der Waals surface area contributed by atoms with Crippen LogP contribution in [0.2, 0.25) is 0 Å². The number of hydrogen-bond acceptors (Lipinski definition) is 4. The molecule has 0 saturated carbocycles. The van der Waals surface area contributed by atoms with Gasteiger partial charge in [-0.05, 0) is 12.8 Å². The maximum Gasteiger partial charge on any atom is 0.224 e. The van der Waals surface area contributed by atoms with Gasteiger partial charge in [0.1, 0.15) is 11.6 Å². The van der Waals surface area contributed by atoms with Crippen LogP contribution in [0.25, 0.3) is 0 Å². The molecule has 1 amide bonds. The van der Waals surface area contributed by atoms with E-state index in [4.69, 9.17) is 0 Å². The number of H-pyrrole nitrogens is 1. The normalized spacial score (nSPS) is 27.9. The van der Waals surface area contributed by atoms with Gasteiger partial charge in [0.2, 0.25) is 5.91 Å². The molecule has 2 fully saturated rings. The van der Waals surface area contributed by atoms with Gasteiger partial charge in [0, 0.05) is 25.6 Å². The van der Waals surface area contributed by atoms with Crippen LogP contribution in [0.3, 0.4) is 0 Å². The molecular formula is C13H21N5O. The topological polar surface area (TPSA) is 73.9 Å². The summed E-state index contributed by atoms with van der Waals surface area (Å²) in [5, 5.41) is 10.3. The summed E-state index contributed by atoms with van der Waals surface area (Å²) >= 11 is 0. The van der Waals surface area contributed by atoms with Gasteiger partial charge in [0.05, 0.1) is 12.5 Å². The van der Waals surface area contributed by atoms with Gasteiger partial charge in [-0.1, -0.05) is 13.3 Å².